The van der Waals surface area contributed by atoms with Crippen molar-refractivity contribution in [1.82, 2.24) is 10.6 Å². The predicted octanol–water partition coefficient (Wildman–Crippen LogP) is 3.77. The summed E-state index contributed by atoms with van der Waals surface area (Å²) in [4.78, 5) is 36.5. The molecule has 0 aromatic heterocycles. The Labute approximate surface area is 198 Å². The van der Waals surface area contributed by atoms with Gasteiger partial charge in [-0.1, -0.05) is 78.9 Å². The van der Waals surface area contributed by atoms with Crippen LogP contribution in [-0.4, -0.2) is 37.2 Å². The third-order valence-corrected chi connectivity index (χ3v) is 5.72. The van der Waals surface area contributed by atoms with Crippen molar-refractivity contribution in [2.45, 2.75) is 25.5 Å². The molecule has 3 aromatic rings. The fraction of sp³-hybridized carbons (Fsp3) is 0.222. The number of fused-ring (bicyclic) bond motifs is 3. The first-order valence-electron chi connectivity index (χ1n) is 11.1. The van der Waals surface area contributed by atoms with E-state index in [9.17, 15) is 14.4 Å². The van der Waals surface area contributed by atoms with Gasteiger partial charge >= 0.3 is 12.1 Å². The lowest BCUT2D eigenvalue weighted by molar-refractivity contribution is -0.145. The third-order valence-electron chi connectivity index (χ3n) is 5.72. The minimum Gasteiger partial charge on any atom is -0.460 e. The van der Waals surface area contributed by atoms with Crippen molar-refractivity contribution in [3.05, 3.63) is 95.6 Å². The fourth-order valence-corrected chi connectivity index (χ4v) is 3.98. The molecule has 7 nitrogen and oxygen atoms in total. The highest BCUT2D eigenvalue weighted by Gasteiger charge is 2.29. The first-order chi connectivity index (χ1) is 16.5. The van der Waals surface area contributed by atoms with Crippen molar-refractivity contribution < 1.29 is 23.9 Å². The molecule has 2 amide bonds. The van der Waals surface area contributed by atoms with Crippen LogP contribution in [0.3, 0.4) is 0 Å². The van der Waals surface area contributed by atoms with Gasteiger partial charge in [-0.25, -0.2) is 4.79 Å². The molecule has 1 aliphatic carbocycles. The number of alkyl carbamates (subject to hydrolysis) is 1. The molecule has 0 saturated heterocycles. The molecule has 0 bridgehead atoms. The first-order valence-corrected chi connectivity index (χ1v) is 11.1. The number of hydrogen-bond acceptors (Lipinski definition) is 5. The summed E-state index contributed by atoms with van der Waals surface area (Å²) in [6.45, 7) is 1.51. The van der Waals surface area contributed by atoms with E-state index in [1.165, 1.54) is 6.92 Å². The SMILES string of the molecule is C[C@H](NC(=O)OCC1c2ccccc2-c2ccccc21)C(=O)NCC(=O)OCc1ccccc1. The molecule has 0 aliphatic heterocycles. The third kappa shape index (κ3) is 5.43. The van der Waals surface area contributed by atoms with Crippen molar-refractivity contribution in [3.8, 4) is 11.1 Å². The average Bonchev–Trinajstić information content (AvgIpc) is 3.19. The van der Waals surface area contributed by atoms with Crippen molar-refractivity contribution >= 4 is 18.0 Å². The highest BCUT2D eigenvalue weighted by molar-refractivity contribution is 5.88. The lowest BCUT2D eigenvalue weighted by Gasteiger charge is -2.17. The number of benzene rings is 3. The van der Waals surface area contributed by atoms with Crippen molar-refractivity contribution in [2.75, 3.05) is 13.2 Å². The van der Waals surface area contributed by atoms with Crippen LogP contribution in [0.25, 0.3) is 11.1 Å². The zero-order valence-electron chi connectivity index (χ0n) is 18.8. The number of nitrogens with one attached hydrogen (secondary N) is 2. The molecule has 0 heterocycles. The molecule has 0 unspecified atom stereocenters. The van der Waals surface area contributed by atoms with E-state index in [1.54, 1.807) is 0 Å². The normalized spacial score (nSPS) is 12.7. The number of hydrogen-bond donors (Lipinski definition) is 2. The van der Waals surface area contributed by atoms with Gasteiger partial charge < -0.3 is 20.1 Å². The Morgan fingerprint density at radius 1 is 0.824 bits per heavy atom. The monoisotopic (exact) mass is 458 g/mol. The minimum atomic E-state index is -0.877. The Hall–Kier alpha value is -4.13. The van der Waals surface area contributed by atoms with Gasteiger partial charge in [0.1, 0.15) is 25.8 Å². The van der Waals surface area contributed by atoms with Crippen molar-refractivity contribution in [1.29, 1.82) is 0 Å². The molecule has 7 heteroatoms. The minimum absolute atomic E-state index is 0.0679. The smallest absolute Gasteiger partial charge is 0.407 e. The molecule has 1 aliphatic rings. The van der Waals surface area contributed by atoms with Crippen LogP contribution in [0.2, 0.25) is 0 Å². The van der Waals surface area contributed by atoms with E-state index < -0.39 is 24.0 Å². The average molecular weight is 459 g/mol. The van der Waals surface area contributed by atoms with Crippen molar-refractivity contribution in [3.63, 3.8) is 0 Å². The Morgan fingerprint density at radius 3 is 2.06 bits per heavy atom. The summed E-state index contributed by atoms with van der Waals surface area (Å²) >= 11 is 0. The van der Waals surface area contributed by atoms with Crippen LogP contribution >= 0.6 is 0 Å². The highest BCUT2D eigenvalue weighted by Crippen LogP contribution is 2.44. The van der Waals surface area contributed by atoms with E-state index >= 15 is 0 Å². The first kappa shape index (κ1) is 23.0. The van der Waals surface area contributed by atoms with Crippen LogP contribution in [0.1, 0.15) is 29.5 Å². The number of carbonyl (C=O) groups is 3. The van der Waals surface area contributed by atoms with Crippen LogP contribution in [-0.2, 0) is 25.7 Å². The van der Waals surface area contributed by atoms with Gasteiger partial charge in [0, 0.05) is 5.92 Å². The van der Waals surface area contributed by atoms with Gasteiger partial charge in [-0.05, 0) is 34.7 Å². The van der Waals surface area contributed by atoms with E-state index in [2.05, 4.69) is 22.8 Å². The maximum absolute atomic E-state index is 12.3. The predicted molar refractivity (Wildman–Crippen MR) is 127 cm³/mol. The van der Waals surface area contributed by atoms with Crippen LogP contribution in [0.4, 0.5) is 4.79 Å². The van der Waals surface area contributed by atoms with Crippen LogP contribution in [0, 0.1) is 0 Å². The highest BCUT2D eigenvalue weighted by atomic mass is 16.5. The molecule has 0 saturated carbocycles. The van der Waals surface area contributed by atoms with Crippen LogP contribution < -0.4 is 10.6 Å². The second kappa shape index (κ2) is 10.7. The maximum atomic E-state index is 12.3. The summed E-state index contributed by atoms with van der Waals surface area (Å²) in [7, 11) is 0. The largest absolute Gasteiger partial charge is 0.460 e. The molecular formula is C27H26N2O5. The van der Waals surface area contributed by atoms with Gasteiger partial charge in [0.15, 0.2) is 0 Å². The second-order valence-electron chi connectivity index (χ2n) is 8.06. The summed E-state index contributed by atoms with van der Waals surface area (Å²) in [6.07, 6.45) is -0.698. The number of rotatable bonds is 8. The number of carbonyl (C=O) groups excluding carboxylic acids is 3. The number of esters is 1. The quantitative estimate of drug-likeness (QED) is 0.501. The lowest BCUT2D eigenvalue weighted by Crippen LogP contribution is -2.46. The van der Waals surface area contributed by atoms with E-state index in [4.69, 9.17) is 9.47 Å². The summed E-state index contributed by atoms with van der Waals surface area (Å²) in [5, 5.41) is 4.97. The topological polar surface area (TPSA) is 93.7 Å². The molecule has 2 N–H and O–H groups in total. The molecule has 4 rings (SSSR count). The van der Waals surface area contributed by atoms with E-state index in [1.807, 2.05) is 66.7 Å². The molecule has 3 aromatic carbocycles. The standard InChI is InChI=1S/C27H26N2O5/c1-18(26(31)28-15-25(30)33-16-19-9-3-2-4-10-19)29-27(32)34-17-24-22-13-7-5-11-20(22)21-12-6-8-14-23(21)24/h2-14,18,24H,15-17H2,1H3,(H,28,31)(H,29,32)/t18-/m0/s1. The van der Waals surface area contributed by atoms with Crippen molar-refractivity contribution in [2.24, 2.45) is 0 Å². The molecule has 1 atom stereocenters. The Kier molecular flexibility index (Phi) is 7.22. The Morgan fingerprint density at radius 2 is 1.41 bits per heavy atom. The summed E-state index contributed by atoms with van der Waals surface area (Å²) < 4.78 is 10.6. The second-order valence-corrected chi connectivity index (χ2v) is 8.06. The summed E-state index contributed by atoms with van der Waals surface area (Å²) in [5.74, 6) is -1.14. The Bertz CT molecular complexity index is 1130. The summed E-state index contributed by atoms with van der Waals surface area (Å²) in [6, 6.07) is 24.5. The molecule has 0 radical (unpaired) electrons. The summed E-state index contributed by atoms with van der Waals surface area (Å²) in [5.41, 5.74) is 5.35. The number of ether oxygens (including phenoxy) is 2. The van der Waals surface area contributed by atoms with E-state index in [-0.39, 0.29) is 25.7 Å². The van der Waals surface area contributed by atoms with Gasteiger partial charge in [-0.15, -0.1) is 0 Å². The molecule has 0 spiro atoms. The van der Waals surface area contributed by atoms with Gasteiger partial charge in [0.2, 0.25) is 5.91 Å². The molecule has 34 heavy (non-hydrogen) atoms. The van der Waals surface area contributed by atoms with Crippen LogP contribution in [0.15, 0.2) is 78.9 Å². The van der Waals surface area contributed by atoms with Gasteiger partial charge in [-0.3, -0.25) is 9.59 Å². The molecular weight excluding hydrogens is 432 g/mol. The van der Waals surface area contributed by atoms with Crippen LogP contribution in [0.5, 0.6) is 0 Å². The zero-order chi connectivity index (χ0) is 23.9. The fourth-order valence-electron chi connectivity index (χ4n) is 3.98. The van der Waals surface area contributed by atoms with Gasteiger partial charge in [0.05, 0.1) is 0 Å². The van der Waals surface area contributed by atoms with Gasteiger partial charge in [-0.2, -0.15) is 0 Å². The lowest BCUT2D eigenvalue weighted by atomic mass is 9.98. The maximum Gasteiger partial charge on any atom is 0.407 e. The van der Waals surface area contributed by atoms with E-state index in [0.29, 0.717) is 0 Å². The van der Waals surface area contributed by atoms with E-state index in [0.717, 1.165) is 27.8 Å². The zero-order valence-corrected chi connectivity index (χ0v) is 18.8. The molecule has 0 fully saturated rings. The molecule has 174 valence electrons. The number of amides is 2. The Balaban J connectivity index is 1.22. The van der Waals surface area contributed by atoms with Gasteiger partial charge in [0.25, 0.3) is 0 Å².